The largest absolute Gasteiger partial charge is 0.237 e. The maximum absolute atomic E-state index is 3.84. The number of nitrogens with zero attached hydrogens (tertiary/aromatic N) is 2. The first kappa shape index (κ1) is 4.97. The Balaban J connectivity index is 2.99. The van der Waals surface area contributed by atoms with Gasteiger partial charge in [-0.05, 0) is 12.1 Å². The monoisotopic (exact) mass is 105 g/mol. The third-order valence-electron chi connectivity index (χ3n) is 0.761. The van der Waals surface area contributed by atoms with Crippen molar-refractivity contribution < 1.29 is 0 Å². The minimum atomic E-state index is 0.806. The Morgan fingerprint density at radius 2 is 2.62 bits per heavy atom. The van der Waals surface area contributed by atoms with Crippen LogP contribution in [0.2, 0.25) is 0 Å². The predicted octanol–water partition coefficient (Wildman–Crippen LogP) is 0.920. The van der Waals surface area contributed by atoms with E-state index < -0.39 is 0 Å². The van der Waals surface area contributed by atoms with Crippen molar-refractivity contribution in [1.29, 1.82) is 0 Å². The van der Waals surface area contributed by atoms with E-state index in [0.717, 1.165) is 5.69 Å². The number of aromatic nitrogens is 2. The molecule has 8 heavy (non-hydrogen) atoms. The van der Waals surface area contributed by atoms with Gasteiger partial charge in [-0.15, -0.1) is 0 Å². The second-order valence-corrected chi connectivity index (χ2v) is 1.28. The van der Waals surface area contributed by atoms with Crippen molar-refractivity contribution in [1.82, 2.24) is 9.97 Å². The molecule has 2 nitrogen and oxygen atoms in total. The lowest BCUT2D eigenvalue weighted by Gasteiger charge is -1.83. The van der Waals surface area contributed by atoms with E-state index in [1.807, 2.05) is 0 Å². The highest BCUT2D eigenvalue weighted by molar-refractivity contribution is 5.39. The van der Waals surface area contributed by atoms with Gasteiger partial charge in [0.05, 0.1) is 11.9 Å². The molecule has 1 aromatic heterocycles. The molecule has 0 fully saturated rings. The summed E-state index contributed by atoms with van der Waals surface area (Å²) in [5, 5.41) is 0. The van der Waals surface area contributed by atoms with Crippen molar-refractivity contribution in [3.8, 4) is 0 Å². The van der Waals surface area contributed by atoms with Crippen LogP contribution in [0.15, 0.2) is 19.0 Å². The Hall–Kier alpha value is -1.18. The average molecular weight is 105 g/mol. The molecule has 0 spiro atoms. The van der Waals surface area contributed by atoms with E-state index in [0.29, 0.717) is 0 Å². The van der Waals surface area contributed by atoms with Gasteiger partial charge in [0.25, 0.3) is 0 Å². The summed E-state index contributed by atoms with van der Waals surface area (Å²) < 4.78 is 0. The van der Waals surface area contributed by atoms with Gasteiger partial charge >= 0.3 is 0 Å². The van der Waals surface area contributed by atoms with Crippen LogP contribution in [0.1, 0.15) is 5.69 Å². The Labute approximate surface area is 47.9 Å². The molecule has 0 saturated carbocycles. The summed E-state index contributed by atoms with van der Waals surface area (Å²) >= 11 is 0. The van der Waals surface area contributed by atoms with Crippen LogP contribution in [-0.2, 0) is 0 Å². The maximum atomic E-state index is 3.84. The number of rotatable bonds is 1. The fraction of sp³-hybridized carbons (Fsp3) is 0. The van der Waals surface area contributed by atoms with Crippen molar-refractivity contribution in [2.45, 2.75) is 0 Å². The lowest BCUT2D eigenvalue weighted by atomic mass is 10.4. The molecule has 39 valence electrons. The van der Waals surface area contributed by atoms with Crippen LogP contribution in [0.5, 0.6) is 0 Å². The van der Waals surface area contributed by atoms with Crippen LogP contribution in [-0.4, -0.2) is 9.97 Å². The third kappa shape index (κ3) is 0.904. The highest BCUT2D eigenvalue weighted by atomic mass is 14.8. The van der Waals surface area contributed by atoms with Gasteiger partial charge in [-0.2, -0.15) is 0 Å². The fourth-order valence-corrected chi connectivity index (χ4v) is 0.381. The van der Waals surface area contributed by atoms with Crippen LogP contribution in [0, 0.1) is 6.20 Å². The zero-order valence-electron chi connectivity index (χ0n) is 4.33. The Morgan fingerprint density at radius 1 is 1.75 bits per heavy atom. The maximum Gasteiger partial charge on any atom is 0.116 e. The molecule has 1 radical (unpaired) electrons. The van der Waals surface area contributed by atoms with Crippen LogP contribution < -0.4 is 0 Å². The summed E-state index contributed by atoms with van der Waals surface area (Å²) in [7, 11) is 0. The molecule has 0 saturated heterocycles. The van der Waals surface area contributed by atoms with Crippen molar-refractivity contribution in [3.05, 3.63) is 30.9 Å². The zero-order chi connectivity index (χ0) is 5.82. The molecule has 0 aliphatic heterocycles. The van der Waals surface area contributed by atoms with Gasteiger partial charge in [0.2, 0.25) is 0 Å². The van der Waals surface area contributed by atoms with Gasteiger partial charge in [-0.3, -0.25) is 0 Å². The van der Waals surface area contributed by atoms with Crippen LogP contribution in [0.3, 0.4) is 0 Å². The quantitative estimate of drug-likeness (QED) is 0.530. The molecule has 0 aliphatic rings. The molecule has 2 heteroatoms. The topological polar surface area (TPSA) is 25.8 Å². The molecule has 1 rings (SSSR count). The van der Waals surface area contributed by atoms with Crippen LogP contribution in [0.25, 0.3) is 6.08 Å². The van der Waals surface area contributed by atoms with Crippen molar-refractivity contribution in [2.24, 2.45) is 0 Å². The van der Waals surface area contributed by atoms with Crippen LogP contribution in [0.4, 0.5) is 0 Å². The predicted molar refractivity (Wildman–Crippen MR) is 31.0 cm³/mol. The van der Waals surface area contributed by atoms with Gasteiger partial charge < -0.3 is 0 Å². The minimum Gasteiger partial charge on any atom is -0.237 e. The van der Waals surface area contributed by atoms with Crippen molar-refractivity contribution in [3.63, 3.8) is 0 Å². The normalized spacial score (nSPS) is 8.50. The molecule has 0 unspecified atom stereocenters. The number of hydrogen-bond acceptors (Lipinski definition) is 2. The first-order chi connectivity index (χ1) is 3.93. The van der Waals surface area contributed by atoms with Gasteiger partial charge in [0.15, 0.2) is 0 Å². The molecule has 0 atom stereocenters. The van der Waals surface area contributed by atoms with Gasteiger partial charge in [-0.25, -0.2) is 9.97 Å². The highest BCUT2D eigenvalue weighted by Gasteiger charge is 1.79. The Kier molecular flexibility index (Phi) is 1.37. The Bertz CT molecular complexity index is 169. The molecular weight excluding hydrogens is 100 g/mol. The van der Waals surface area contributed by atoms with E-state index in [4.69, 9.17) is 0 Å². The standard InChI is InChI=1S/C6H5N2/c1-2-6-3-4-7-5-8-6/h2-3,5H,1H2. The molecule has 0 bridgehead atoms. The minimum absolute atomic E-state index is 0.806. The first-order valence-electron chi connectivity index (χ1n) is 2.24. The average Bonchev–Trinajstić information content (AvgIpc) is 1.90. The summed E-state index contributed by atoms with van der Waals surface area (Å²) in [4.78, 5) is 7.45. The second kappa shape index (κ2) is 2.21. The summed E-state index contributed by atoms with van der Waals surface area (Å²) in [6.45, 7) is 3.52. The summed E-state index contributed by atoms with van der Waals surface area (Å²) in [5.41, 5.74) is 0.806. The smallest absolute Gasteiger partial charge is 0.116 e. The summed E-state index contributed by atoms with van der Waals surface area (Å²) in [6.07, 6.45) is 5.72. The molecule has 0 aliphatic carbocycles. The van der Waals surface area contributed by atoms with E-state index in [-0.39, 0.29) is 0 Å². The lowest BCUT2D eigenvalue weighted by molar-refractivity contribution is 1.14. The molecular formula is C6H5N2. The molecule has 0 N–H and O–H groups in total. The first-order valence-corrected chi connectivity index (χ1v) is 2.24. The van der Waals surface area contributed by atoms with E-state index in [9.17, 15) is 0 Å². The second-order valence-electron chi connectivity index (χ2n) is 1.28. The lowest BCUT2D eigenvalue weighted by Crippen LogP contribution is -1.78. The summed E-state index contributed by atoms with van der Waals surface area (Å²) in [6, 6.07) is 1.67. The SMILES string of the molecule is C=Cc1c[c]ncn1. The van der Waals surface area contributed by atoms with E-state index in [1.165, 1.54) is 6.33 Å². The zero-order valence-corrected chi connectivity index (χ0v) is 4.33. The van der Waals surface area contributed by atoms with Crippen LogP contribution >= 0.6 is 0 Å². The van der Waals surface area contributed by atoms with Crippen molar-refractivity contribution in [2.75, 3.05) is 0 Å². The van der Waals surface area contributed by atoms with Crippen molar-refractivity contribution >= 4 is 6.08 Å². The van der Waals surface area contributed by atoms with E-state index >= 15 is 0 Å². The fourth-order valence-electron chi connectivity index (χ4n) is 0.381. The van der Waals surface area contributed by atoms with Gasteiger partial charge in [0.1, 0.15) is 6.33 Å². The molecule has 0 amide bonds. The van der Waals surface area contributed by atoms with Gasteiger partial charge in [-0.1, -0.05) is 6.58 Å². The summed E-state index contributed by atoms with van der Waals surface area (Å²) in [5.74, 6) is 0. The molecule has 0 aromatic carbocycles. The van der Waals surface area contributed by atoms with Gasteiger partial charge in [0, 0.05) is 0 Å². The highest BCUT2D eigenvalue weighted by Crippen LogP contribution is 1.88. The third-order valence-corrected chi connectivity index (χ3v) is 0.761. The number of hydrogen-bond donors (Lipinski definition) is 0. The van der Waals surface area contributed by atoms with E-state index in [1.54, 1.807) is 12.1 Å². The Morgan fingerprint density at radius 3 is 3.00 bits per heavy atom. The molecule has 1 heterocycles. The van der Waals surface area contributed by atoms with E-state index in [2.05, 4.69) is 22.7 Å². The molecule has 1 aromatic rings.